The molecule has 9 heteroatoms. The van der Waals surface area contributed by atoms with Crippen molar-refractivity contribution in [1.82, 2.24) is 19.9 Å². The number of nitrogens with zero attached hydrogens (tertiary/aromatic N) is 4. The monoisotopic (exact) mass is 487 g/mol. The molecule has 1 saturated heterocycles. The average molecular weight is 488 g/mol. The summed E-state index contributed by atoms with van der Waals surface area (Å²) in [5.74, 6) is 1.27. The van der Waals surface area contributed by atoms with E-state index in [1.54, 1.807) is 23.1 Å². The molecule has 0 saturated carbocycles. The zero-order chi connectivity index (χ0) is 23.2. The summed E-state index contributed by atoms with van der Waals surface area (Å²) in [6, 6.07) is 0. The Bertz CT molecular complexity index is 1170. The van der Waals surface area contributed by atoms with Crippen LogP contribution in [0.25, 0.3) is 20.4 Å². The summed E-state index contributed by atoms with van der Waals surface area (Å²) in [6.07, 6.45) is 2.90. The third-order valence-electron chi connectivity index (χ3n) is 6.46. The lowest BCUT2D eigenvalue weighted by molar-refractivity contribution is -0.0402. The Morgan fingerprint density at radius 3 is 2.67 bits per heavy atom. The summed E-state index contributed by atoms with van der Waals surface area (Å²) >= 11 is 3.30. The molecule has 0 unspecified atom stereocenters. The summed E-state index contributed by atoms with van der Waals surface area (Å²) in [5.41, 5.74) is 4.59. The van der Waals surface area contributed by atoms with Crippen LogP contribution in [0, 0.1) is 0 Å². The molecule has 5 heterocycles. The standard InChI is InChI=1S/C24H33N5O2S2/c1-14(2)18-16-13-31-24(3,4)12-15(16)17-19-20(33-22(17)26-18)21(28-23(27-19)32-5)25-6-7-29-8-10-30-11-9-29/h14H,6-13H2,1-5H3,(H,25,27,28). The number of nitrogens with one attached hydrogen (secondary N) is 1. The highest BCUT2D eigenvalue weighted by Gasteiger charge is 2.32. The van der Waals surface area contributed by atoms with Gasteiger partial charge in [-0.1, -0.05) is 25.6 Å². The summed E-state index contributed by atoms with van der Waals surface area (Å²) < 4.78 is 12.8. The smallest absolute Gasteiger partial charge is 0.189 e. The molecule has 1 N–H and O–H groups in total. The van der Waals surface area contributed by atoms with E-state index in [1.165, 1.54) is 16.5 Å². The number of anilines is 1. The van der Waals surface area contributed by atoms with Crippen molar-refractivity contribution in [2.75, 3.05) is 51.0 Å². The molecule has 1 fully saturated rings. The molecule has 0 amide bonds. The number of thiophene rings is 1. The predicted molar refractivity (Wildman–Crippen MR) is 137 cm³/mol. The molecule has 5 rings (SSSR count). The molecule has 2 aliphatic heterocycles. The third-order valence-corrected chi connectivity index (χ3v) is 8.08. The van der Waals surface area contributed by atoms with Gasteiger partial charge in [0.2, 0.25) is 0 Å². The molecule has 33 heavy (non-hydrogen) atoms. The molecular formula is C24H33N5O2S2. The van der Waals surface area contributed by atoms with Crippen LogP contribution in [-0.2, 0) is 22.5 Å². The Morgan fingerprint density at radius 1 is 1.15 bits per heavy atom. The maximum absolute atomic E-state index is 6.20. The van der Waals surface area contributed by atoms with Gasteiger partial charge in [0.05, 0.1) is 41.3 Å². The van der Waals surface area contributed by atoms with Crippen molar-refractivity contribution in [2.24, 2.45) is 0 Å². The average Bonchev–Trinajstić information content (AvgIpc) is 3.17. The first-order valence-corrected chi connectivity index (χ1v) is 13.8. The van der Waals surface area contributed by atoms with Gasteiger partial charge in [0.25, 0.3) is 0 Å². The van der Waals surface area contributed by atoms with Gasteiger partial charge >= 0.3 is 0 Å². The van der Waals surface area contributed by atoms with Crippen LogP contribution in [0.3, 0.4) is 0 Å². The molecule has 0 radical (unpaired) electrons. The van der Waals surface area contributed by atoms with Crippen LogP contribution in [0.15, 0.2) is 5.16 Å². The maximum Gasteiger partial charge on any atom is 0.189 e. The van der Waals surface area contributed by atoms with Crippen LogP contribution in [0.2, 0.25) is 0 Å². The third kappa shape index (κ3) is 4.58. The zero-order valence-corrected chi connectivity index (χ0v) is 21.8. The normalized spacial score (nSPS) is 18.8. The molecule has 2 aliphatic rings. The molecule has 0 atom stereocenters. The van der Waals surface area contributed by atoms with Crippen LogP contribution in [-0.4, -0.2) is 71.1 Å². The van der Waals surface area contributed by atoms with Crippen LogP contribution < -0.4 is 5.32 Å². The number of fused-ring (bicyclic) bond motifs is 5. The molecule has 7 nitrogen and oxygen atoms in total. The molecule has 3 aromatic rings. The van der Waals surface area contributed by atoms with E-state index in [-0.39, 0.29) is 5.60 Å². The first-order valence-electron chi connectivity index (χ1n) is 11.7. The summed E-state index contributed by atoms with van der Waals surface area (Å²) in [5, 5.41) is 5.60. The Kier molecular flexibility index (Phi) is 6.52. The quantitative estimate of drug-likeness (QED) is 0.397. The topological polar surface area (TPSA) is 72.4 Å². The SMILES string of the molecule is CSc1nc(NCCN2CCOCC2)c2sc3nc(C(C)C)c4c(c3c2n1)CC(C)(C)OC4. The number of morpholine rings is 1. The fourth-order valence-corrected chi connectivity index (χ4v) is 6.21. The maximum atomic E-state index is 6.20. The molecule has 3 aromatic heterocycles. The van der Waals surface area contributed by atoms with Crippen LogP contribution >= 0.6 is 23.1 Å². The molecule has 0 bridgehead atoms. The molecular weight excluding hydrogens is 454 g/mol. The van der Waals surface area contributed by atoms with Crippen LogP contribution in [0.5, 0.6) is 0 Å². The number of thioether (sulfide) groups is 1. The number of pyridine rings is 1. The highest BCUT2D eigenvalue weighted by atomic mass is 32.2. The van der Waals surface area contributed by atoms with Crippen molar-refractivity contribution >= 4 is 49.3 Å². The van der Waals surface area contributed by atoms with E-state index < -0.39 is 0 Å². The highest BCUT2D eigenvalue weighted by Crippen LogP contribution is 2.43. The van der Waals surface area contributed by atoms with Crippen LogP contribution in [0.1, 0.15) is 50.4 Å². The van der Waals surface area contributed by atoms with Crippen molar-refractivity contribution in [3.63, 3.8) is 0 Å². The molecule has 0 spiro atoms. The van der Waals surface area contributed by atoms with E-state index in [1.807, 2.05) is 6.26 Å². The van der Waals surface area contributed by atoms with E-state index >= 15 is 0 Å². The van der Waals surface area contributed by atoms with Crippen molar-refractivity contribution in [2.45, 2.75) is 57.4 Å². The van der Waals surface area contributed by atoms with Gasteiger partial charge in [0.15, 0.2) is 5.16 Å². The Hall–Kier alpha value is -1.52. The fraction of sp³-hybridized carbons (Fsp3) is 0.625. The first-order chi connectivity index (χ1) is 15.9. The minimum atomic E-state index is -0.196. The molecule has 0 aliphatic carbocycles. The van der Waals surface area contributed by atoms with Gasteiger partial charge in [0, 0.05) is 43.5 Å². The number of hydrogen-bond donors (Lipinski definition) is 1. The fourth-order valence-electron chi connectivity index (χ4n) is 4.72. The second-order valence-corrected chi connectivity index (χ2v) is 11.5. The number of ether oxygens (including phenoxy) is 2. The van der Waals surface area contributed by atoms with Gasteiger partial charge in [-0.3, -0.25) is 4.90 Å². The minimum Gasteiger partial charge on any atom is -0.379 e. The van der Waals surface area contributed by atoms with E-state index in [0.717, 1.165) is 77.5 Å². The van der Waals surface area contributed by atoms with Crippen molar-refractivity contribution < 1.29 is 9.47 Å². The lowest BCUT2D eigenvalue weighted by Gasteiger charge is -2.33. The van der Waals surface area contributed by atoms with Gasteiger partial charge in [0.1, 0.15) is 10.6 Å². The predicted octanol–water partition coefficient (Wildman–Crippen LogP) is 4.68. The van der Waals surface area contributed by atoms with Crippen LogP contribution in [0.4, 0.5) is 5.82 Å². The second-order valence-electron chi connectivity index (χ2n) is 9.73. The largest absolute Gasteiger partial charge is 0.379 e. The molecule has 178 valence electrons. The first kappa shape index (κ1) is 23.2. The van der Waals surface area contributed by atoms with Gasteiger partial charge in [-0.25, -0.2) is 15.0 Å². The number of rotatable bonds is 6. The Labute approximate surface area is 203 Å². The van der Waals surface area contributed by atoms with Gasteiger partial charge in [-0.05, 0) is 31.6 Å². The summed E-state index contributed by atoms with van der Waals surface area (Å²) in [7, 11) is 0. The number of aromatic nitrogens is 3. The van der Waals surface area contributed by atoms with E-state index in [9.17, 15) is 0 Å². The van der Waals surface area contributed by atoms with E-state index in [4.69, 9.17) is 24.4 Å². The Balaban J connectivity index is 1.60. The molecule has 0 aromatic carbocycles. The second kappa shape index (κ2) is 9.26. The lowest BCUT2D eigenvalue weighted by atomic mass is 9.87. The highest BCUT2D eigenvalue weighted by molar-refractivity contribution is 7.98. The lowest BCUT2D eigenvalue weighted by Crippen LogP contribution is -2.39. The number of hydrogen-bond acceptors (Lipinski definition) is 9. The van der Waals surface area contributed by atoms with Crippen molar-refractivity contribution in [3.05, 3.63) is 16.8 Å². The minimum absolute atomic E-state index is 0.196. The van der Waals surface area contributed by atoms with Gasteiger partial charge < -0.3 is 14.8 Å². The Morgan fingerprint density at radius 2 is 1.94 bits per heavy atom. The van der Waals surface area contributed by atoms with Crippen molar-refractivity contribution in [1.29, 1.82) is 0 Å². The van der Waals surface area contributed by atoms with E-state index in [0.29, 0.717) is 12.5 Å². The van der Waals surface area contributed by atoms with Gasteiger partial charge in [-0.2, -0.15) is 0 Å². The van der Waals surface area contributed by atoms with Gasteiger partial charge in [-0.15, -0.1) is 11.3 Å². The summed E-state index contributed by atoms with van der Waals surface area (Å²) in [6.45, 7) is 14.8. The zero-order valence-electron chi connectivity index (χ0n) is 20.2. The van der Waals surface area contributed by atoms with Crippen molar-refractivity contribution in [3.8, 4) is 0 Å². The van der Waals surface area contributed by atoms with E-state index in [2.05, 4.69) is 37.9 Å². The summed E-state index contributed by atoms with van der Waals surface area (Å²) in [4.78, 5) is 18.5.